The van der Waals surface area contributed by atoms with Crippen molar-refractivity contribution in [2.75, 3.05) is 0 Å². The first kappa shape index (κ1) is 39.7. The Morgan fingerprint density at radius 1 is 0.490 bits per heavy atom. The zero-order valence-corrected chi connectivity index (χ0v) is 31.0. The zero-order valence-electron chi connectivity index (χ0n) is 31.0. The molecule has 4 aliphatic rings. The SMILES string of the molecule is CCCCCC[C@H]1CC[C@H](c2ccc(C3CC(=C(F)F)C3)c(F)c2)CC1.CCCCC[C@H]1CC[C@H](c2ccc(C3CC(=C(F)F)C3)c(F)c2)CC1. The highest BCUT2D eigenvalue weighted by atomic mass is 19.3. The van der Waals surface area contributed by atoms with Crippen molar-refractivity contribution in [3.05, 3.63) is 93.6 Å². The van der Waals surface area contributed by atoms with Gasteiger partial charge in [-0.25, -0.2) is 8.78 Å². The van der Waals surface area contributed by atoms with Crippen LogP contribution in [0.1, 0.15) is 195 Å². The molecule has 2 aromatic rings. The van der Waals surface area contributed by atoms with E-state index in [0.29, 0.717) is 48.6 Å². The molecule has 0 nitrogen and oxygen atoms in total. The standard InChI is InChI=1S/C23H31F3.C22H29F3/c1-2-3-4-5-6-16-7-9-17(10-8-16)18-11-12-21(22(24)15-18)19-13-20(14-19)23(25)26;1-2-3-4-5-15-6-8-16(9-7-15)17-10-11-20(21(23)14-17)18-12-19(13-18)22(24)25/h11-12,15-17,19H,2-10,13-14H2,1H3;10-11,14-16,18H,2-9,12-13H2,1H3/t16-,17-;15-,16-. The molecule has 4 aliphatic carbocycles. The van der Waals surface area contributed by atoms with Gasteiger partial charge in [0.15, 0.2) is 0 Å². The maximum atomic E-state index is 14.5. The lowest BCUT2D eigenvalue weighted by atomic mass is 9.74. The molecule has 6 heteroatoms. The maximum Gasteiger partial charge on any atom is 0.269 e. The number of benzene rings is 2. The molecule has 0 bridgehead atoms. The van der Waals surface area contributed by atoms with Crippen molar-refractivity contribution in [3.8, 4) is 0 Å². The Labute approximate surface area is 303 Å². The molecule has 0 spiro atoms. The minimum atomic E-state index is -1.58. The second-order valence-electron chi connectivity index (χ2n) is 16.3. The molecule has 0 heterocycles. The molecule has 0 unspecified atom stereocenters. The third-order valence-corrected chi connectivity index (χ3v) is 12.8. The second kappa shape index (κ2) is 19.5. The molecule has 2 aromatic carbocycles. The summed E-state index contributed by atoms with van der Waals surface area (Å²) in [6.45, 7) is 4.49. The van der Waals surface area contributed by atoms with Gasteiger partial charge in [0.05, 0.1) is 0 Å². The van der Waals surface area contributed by atoms with Crippen LogP contribution in [0.15, 0.2) is 59.7 Å². The first-order valence-electron chi connectivity index (χ1n) is 20.3. The minimum Gasteiger partial charge on any atom is -0.207 e. The molecule has 282 valence electrons. The Morgan fingerprint density at radius 3 is 1.22 bits per heavy atom. The van der Waals surface area contributed by atoms with E-state index in [-0.39, 0.29) is 34.6 Å². The number of unbranched alkanes of at least 4 members (excludes halogenated alkanes) is 5. The topological polar surface area (TPSA) is 0 Å². The van der Waals surface area contributed by atoms with Gasteiger partial charge >= 0.3 is 0 Å². The van der Waals surface area contributed by atoms with Crippen molar-refractivity contribution in [2.24, 2.45) is 11.8 Å². The molecule has 0 amide bonds. The summed E-state index contributed by atoms with van der Waals surface area (Å²) in [5.74, 6) is 2.08. The van der Waals surface area contributed by atoms with Gasteiger partial charge < -0.3 is 0 Å². The van der Waals surface area contributed by atoms with Crippen LogP contribution >= 0.6 is 0 Å². The van der Waals surface area contributed by atoms with Crippen molar-refractivity contribution in [1.82, 2.24) is 0 Å². The largest absolute Gasteiger partial charge is 0.269 e. The predicted octanol–water partition coefficient (Wildman–Crippen LogP) is 15.8. The monoisotopic (exact) mass is 714 g/mol. The lowest BCUT2D eigenvalue weighted by molar-refractivity contribution is 0.301. The molecule has 0 aromatic heterocycles. The fourth-order valence-electron chi connectivity index (χ4n) is 9.19. The summed E-state index contributed by atoms with van der Waals surface area (Å²) < 4.78 is 79.0. The van der Waals surface area contributed by atoms with Crippen LogP contribution in [0.4, 0.5) is 26.3 Å². The van der Waals surface area contributed by atoms with Crippen molar-refractivity contribution in [1.29, 1.82) is 0 Å². The van der Waals surface area contributed by atoms with E-state index in [1.54, 1.807) is 12.1 Å². The smallest absolute Gasteiger partial charge is 0.207 e. The zero-order chi connectivity index (χ0) is 36.3. The molecular weight excluding hydrogens is 654 g/mol. The van der Waals surface area contributed by atoms with Crippen LogP contribution in [0.2, 0.25) is 0 Å². The van der Waals surface area contributed by atoms with Gasteiger partial charge in [-0.3, -0.25) is 0 Å². The quantitative estimate of drug-likeness (QED) is 0.143. The molecule has 0 saturated heterocycles. The van der Waals surface area contributed by atoms with E-state index in [1.807, 2.05) is 24.3 Å². The number of allylic oxidation sites excluding steroid dienone is 2. The summed E-state index contributed by atoms with van der Waals surface area (Å²) in [5.41, 5.74) is 3.80. The Kier molecular flexibility index (Phi) is 15.2. The van der Waals surface area contributed by atoms with Crippen LogP contribution in [-0.4, -0.2) is 0 Å². The molecule has 0 aliphatic heterocycles. The molecule has 0 radical (unpaired) electrons. The lowest BCUT2D eigenvalue weighted by Crippen LogP contribution is -2.16. The highest BCUT2D eigenvalue weighted by Gasteiger charge is 2.32. The predicted molar refractivity (Wildman–Crippen MR) is 198 cm³/mol. The minimum absolute atomic E-state index is 0.0696. The van der Waals surface area contributed by atoms with E-state index in [4.69, 9.17) is 0 Å². The van der Waals surface area contributed by atoms with Gasteiger partial charge in [0, 0.05) is 0 Å². The van der Waals surface area contributed by atoms with Crippen LogP contribution in [0.3, 0.4) is 0 Å². The van der Waals surface area contributed by atoms with E-state index < -0.39 is 12.2 Å². The second-order valence-corrected chi connectivity index (χ2v) is 16.3. The number of rotatable bonds is 13. The number of hydrogen-bond donors (Lipinski definition) is 0. The van der Waals surface area contributed by atoms with Gasteiger partial charge in [-0.15, -0.1) is 0 Å². The molecule has 4 fully saturated rings. The van der Waals surface area contributed by atoms with Gasteiger partial charge in [0.1, 0.15) is 11.6 Å². The number of hydrogen-bond acceptors (Lipinski definition) is 0. The van der Waals surface area contributed by atoms with Crippen LogP contribution in [0.5, 0.6) is 0 Å². The van der Waals surface area contributed by atoms with E-state index in [2.05, 4.69) is 13.8 Å². The third kappa shape index (κ3) is 11.0. The van der Waals surface area contributed by atoms with Crippen molar-refractivity contribution in [3.63, 3.8) is 0 Å². The van der Waals surface area contributed by atoms with Gasteiger partial charge in [-0.2, -0.15) is 17.6 Å². The molecule has 6 rings (SSSR count). The third-order valence-electron chi connectivity index (χ3n) is 12.8. The average Bonchev–Trinajstić information content (AvgIpc) is 3.07. The normalized spacial score (nSPS) is 26.1. The fraction of sp³-hybridized carbons (Fsp3) is 0.644. The van der Waals surface area contributed by atoms with Crippen LogP contribution in [-0.2, 0) is 0 Å². The van der Waals surface area contributed by atoms with Crippen LogP contribution in [0, 0.1) is 23.5 Å². The van der Waals surface area contributed by atoms with Gasteiger partial charge in [-0.1, -0.05) is 95.9 Å². The van der Waals surface area contributed by atoms with Crippen molar-refractivity contribution >= 4 is 0 Å². The first-order chi connectivity index (χ1) is 24.7. The number of halogens is 6. The highest BCUT2D eigenvalue weighted by molar-refractivity contribution is 5.36. The Hall–Kier alpha value is -2.50. The Balaban J connectivity index is 0.000000198. The molecule has 0 N–H and O–H groups in total. The van der Waals surface area contributed by atoms with E-state index in [1.165, 1.54) is 83.5 Å². The Bertz CT molecular complexity index is 1440. The van der Waals surface area contributed by atoms with Gasteiger partial charge in [0.2, 0.25) is 0 Å². The summed E-state index contributed by atoms with van der Waals surface area (Å²) in [5, 5.41) is 0. The van der Waals surface area contributed by atoms with Gasteiger partial charge in [0.25, 0.3) is 12.2 Å². The summed E-state index contributed by atoms with van der Waals surface area (Å²) in [7, 11) is 0. The molecule has 51 heavy (non-hydrogen) atoms. The summed E-state index contributed by atoms with van der Waals surface area (Å²) >= 11 is 0. The molecule has 0 atom stereocenters. The van der Waals surface area contributed by atoms with E-state index in [0.717, 1.165) is 48.6 Å². The summed E-state index contributed by atoms with van der Waals surface area (Å²) in [6.07, 6.45) is 19.7. The first-order valence-corrected chi connectivity index (χ1v) is 20.3. The highest BCUT2D eigenvalue weighted by Crippen LogP contribution is 2.47. The molecular formula is C45H60F6. The fourth-order valence-corrected chi connectivity index (χ4v) is 9.19. The van der Waals surface area contributed by atoms with E-state index in [9.17, 15) is 26.3 Å². The maximum absolute atomic E-state index is 14.5. The Morgan fingerprint density at radius 2 is 0.863 bits per heavy atom. The van der Waals surface area contributed by atoms with Gasteiger partial charge in [-0.05, 0) is 158 Å². The summed E-state index contributed by atoms with van der Waals surface area (Å²) in [4.78, 5) is 0. The van der Waals surface area contributed by atoms with Crippen LogP contribution < -0.4 is 0 Å². The van der Waals surface area contributed by atoms with Crippen molar-refractivity contribution < 1.29 is 26.3 Å². The van der Waals surface area contributed by atoms with Crippen LogP contribution in [0.25, 0.3) is 0 Å². The average molecular weight is 715 g/mol. The van der Waals surface area contributed by atoms with Crippen molar-refractivity contribution in [2.45, 2.75) is 172 Å². The molecule has 4 saturated carbocycles. The summed E-state index contributed by atoms with van der Waals surface area (Å²) in [6, 6.07) is 11.1. The van der Waals surface area contributed by atoms with E-state index >= 15 is 0 Å². The lowest BCUT2D eigenvalue weighted by Gasteiger charge is -2.31.